The molecule has 3 N–H and O–H groups in total. The highest BCUT2D eigenvalue weighted by atomic mass is 16.4. The number of hydrogen-bond acceptors (Lipinski definition) is 3. The molecule has 1 aromatic rings. The molecule has 0 amide bonds. The number of aromatic carboxylic acids is 1. The SMILES string of the molecule is CC(C)C(c1ccc(C(=O)O)cc1)C1CNCCN1. The molecule has 0 aliphatic carbocycles. The van der Waals surface area contributed by atoms with E-state index in [1.165, 1.54) is 5.56 Å². The predicted molar refractivity (Wildman–Crippen MR) is 75.6 cm³/mol. The summed E-state index contributed by atoms with van der Waals surface area (Å²) in [6.07, 6.45) is 0. The zero-order valence-electron chi connectivity index (χ0n) is 11.5. The lowest BCUT2D eigenvalue weighted by Crippen LogP contribution is -2.52. The molecule has 1 aliphatic rings. The Balaban J connectivity index is 2.20. The Morgan fingerprint density at radius 2 is 1.95 bits per heavy atom. The van der Waals surface area contributed by atoms with E-state index in [9.17, 15) is 4.79 Å². The normalized spacial score (nSPS) is 21.3. The molecule has 2 atom stereocenters. The molecule has 0 spiro atoms. The first-order valence-electron chi connectivity index (χ1n) is 6.87. The minimum Gasteiger partial charge on any atom is -0.478 e. The van der Waals surface area contributed by atoms with Gasteiger partial charge in [-0.2, -0.15) is 0 Å². The molecule has 2 unspecified atom stereocenters. The molecule has 0 bridgehead atoms. The highest BCUT2D eigenvalue weighted by Crippen LogP contribution is 2.28. The van der Waals surface area contributed by atoms with Crippen molar-refractivity contribution in [2.45, 2.75) is 25.8 Å². The second-order valence-corrected chi connectivity index (χ2v) is 5.46. The van der Waals surface area contributed by atoms with E-state index in [0.29, 0.717) is 23.4 Å². The smallest absolute Gasteiger partial charge is 0.335 e. The first-order valence-corrected chi connectivity index (χ1v) is 6.87. The summed E-state index contributed by atoms with van der Waals surface area (Å²) in [4.78, 5) is 10.9. The number of benzene rings is 1. The lowest BCUT2D eigenvalue weighted by atomic mass is 9.81. The van der Waals surface area contributed by atoms with Crippen molar-refractivity contribution < 1.29 is 9.90 Å². The zero-order valence-corrected chi connectivity index (χ0v) is 11.5. The van der Waals surface area contributed by atoms with Crippen LogP contribution in [-0.2, 0) is 0 Å². The van der Waals surface area contributed by atoms with E-state index in [-0.39, 0.29) is 0 Å². The second-order valence-electron chi connectivity index (χ2n) is 5.46. The Labute approximate surface area is 114 Å². The fourth-order valence-corrected chi connectivity index (χ4v) is 2.86. The molecule has 1 saturated heterocycles. The van der Waals surface area contributed by atoms with Crippen molar-refractivity contribution in [3.8, 4) is 0 Å². The molecule has 2 rings (SSSR count). The van der Waals surface area contributed by atoms with Crippen LogP contribution in [0.2, 0.25) is 0 Å². The van der Waals surface area contributed by atoms with Crippen molar-refractivity contribution in [1.82, 2.24) is 10.6 Å². The molecule has 0 radical (unpaired) electrons. The van der Waals surface area contributed by atoms with E-state index in [1.807, 2.05) is 12.1 Å². The number of carboxylic acid groups (broad SMARTS) is 1. The van der Waals surface area contributed by atoms with Crippen molar-refractivity contribution in [1.29, 1.82) is 0 Å². The fraction of sp³-hybridized carbons (Fsp3) is 0.533. The number of hydrogen-bond donors (Lipinski definition) is 3. The van der Waals surface area contributed by atoms with Crippen molar-refractivity contribution in [3.63, 3.8) is 0 Å². The monoisotopic (exact) mass is 262 g/mol. The van der Waals surface area contributed by atoms with Crippen LogP contribution in [0.15, 0.2) is 24.3 Å². The van der Waals surface area contributed by atoms with Gasteiger partial charge in [-0.1, -0.05) is 26.0 Å². The molecule has 1 heterocycles. The molecule has 0 aromatic heterocycles. The highest BCUT2D eigenvalue weighted by Gasteiger charge is 2.27. The lowest BCUT2D eigenvalue weighted by molar-refractivity contribution is 0.0697. The van der Waals surface area contributed by atoms with Crippen LogP contribution in [0, 0.1) is 5.92 Å². The minimum absolute atomic E-state index is 0.348. The summed E-state index contributed by atoms with van der Waals surface area (Å²) in [5.74, 6) is 0.0360. The fourth-order valence-electron chi connectivity index (χ4n) is 2.86. The Hall–Kier alpha value is -1.39. The molecule has 4 nitrogen and oxygen atoms in total. The van der Waals surface area contributed by atoms with Gasteiger partial charge in [0.1, 0.15) is 0 Å². The van der Waals surface area contributed by atoms with Crippen molar-refractivity contribution >= 4 is 5.97 Å². The second kappa shape index (κ2) is 6.17. The third-order valence-electron chi connectivity index (χ3n) is 3.77. The average molecular weight is 262 g/mol. The summed E-state index contributed by atoms with van der Waals surface area (Å²) in [7, 11) is 0. The largest absolute Gasteiger partial charge is 0.478 e. The van der Waals surface area contributed by atoms with Crippen LogP contribution in [-0.4, -0.2) is 36.8 Å². The van der Waals surface area contributed by atoms with Gasteiger partial charge < -0.3 is 15.7 Å². The van der Waals surface area contributed by atoms with E-state index in [1.54, 1.807) is 12.1 Å². The maximum Gasteiger partial charge on any atom is 0.335 e. The summed E-state index contributed by atoms with van der Waals surface area (Å²) >= 11 is 0. The van der Waals surface area contributed by atoms with Crippen molar-refractivity contribution in [2.24, 2.45) is 5.92 Å². The van der Waals surface area contributed by atoms with Gasteiger partial charge in [0.05, 0.1) is 5.56 Å². The van der Waals surface area contributed by atoms with Gasteiger partial charge in [-0.25, -0.2) is 4.79 Å². The van der Waals surface area contributed by atoms with Crippen LogP contribution in [0.25, 0.3) is 0 Å². The van der Waals surface area contributed by atoms with Gasteiger partial charge in [-0.05, 0) is 23.6 Å². The van der Waals surface area contributed by atoms with Crippen LogP contribution in [0.1, 0.15) is 35.7 Å². The van der Waals surface area contributed by atoms with Gasteiger partial charge in [0.25, 0.3) is 0 Å². The molecule has 0 saturated carbocycles. The lowest BCUT2D eigenvalue weighted by Gasteiger charge is -2.34. The maximum atomic E-state index is 10.9. The maximum absolute atomic E-state index is 10.9. The van der Waals surface area contributed by atoms with E-state index in [4.69, 9.17) is 5.11 Å². The molecule has 19 heavy (non-hydrogen) atoms. The van der Waals surface area contributed by atoms with Crippen LogP contribution in [0.4, 0.5) is 0 Å². The van der Waals surface area contributed by atoms with Crippen LogP contribution in [0.5, 0.6) is 0 Å². The van der Waals surface area contributed by atoms with Crippen molar-refractivity contribution in [3.05, 3.63) is 35.4 Å². The Morgan fingerprint density at radius 1 is 1.26 bits per heavy atom. The van der Waals surface area contributed by atoms with Crippen LogP contribution >= 0.6 is 0 Å². The van der Waals surface area contributed by atoms with Gasteiger partial charge in [0.2, 0.25) is 0 Å². The molecule has 1 aromatic carbocycles. The van der Waals surface area contributed by atoms with Gasteiger partial charge in [-0.15, -0.1) is 0 Å². The Morgan fingerprint density at radius 3 is 2.42 bits per heavy atom. The molecule has 1 fully saturated rings. The Kier molecular flexibility index (Phi) is 4.56. The van der Waals surface area contributed by atoms with Gasteiger partial charge >= 0.3 is 5.97 Å². The first-order chi connectivity index (χ1) is 9.09. The summed E-state index contributed by atoms with van der Waals surface area (Å²) in [5.41, 5.74) is 1.56. The zero-order chi connectivity index (χ0) is 13.8. The van der Waals surface area contributed by atoms with Crippen LogP contribution in [0.3, 0.4) is 0 Å². The predicted octanol–water partition coefficient (Wildman–Crippen LogP) is 1.69. The molecule has 4 heteroatoms. The summed E-state index contributed by atoms with van der Waals surface area (Å²) in [6.45, 7) is 7.39. The Bertz CT molecular complexity index is 422. The van der Waals surface area contributed by atoms with Crippen LogP contribution < -0.4 is 10.6 Å². The number of carbonyl (C=O) groups is 1. The summed E-state index contributed by atoms with van der Waals surface area (Å²) in [5, 5.41) is 15.9. The number of rotatable bonds is 4. The van der Waals surface area contributed by atoms with E-state index in [0.717, 1.165) is 19.6 Å². The molecule has 104 valence electrons. The molecule has 1 aliphatic heterocycles. The number of nitrogens with one attached hydrogen (secondary N) is 2. The number of piperazine rings is 1. The molecular formula is C15H22N2O2. The third-order valence-corrected chi connectivity index (χ3v) is 3.77. The van der Waals surface area contributed by atoms with Gasteiger partial charge in [0, 0.05) is 31.6 Å². The summed E-state index contributed by atoms with van der Waals surface area (Å²) < 4.78 is 0. The topological polar surface area (TPSA) is 61.4 Å². The van der Waals surface area contributed by atoms with Gasteiger partial charge in [0.15, 0.2) is 0 Å². The highest BCUT2D eigenvalue weighted by molar-refractivity contribution is 5.87. The van der Waals surface area contributed by atoms with Gasteiger partial charge in [-0.3, -0.25) is 0 Å². The standard InChI is InChI=1S/C15H22N2O2/c1-10(2)14(13-9-16-7-8-17-13)11-3-5-12(6-4-11)15(18)19/h3-6,10,13-14,16-17H,7-9H2,1-2H3,(H,18,19). The van der Waals surface area contributed by atoms with E-state index < -0.39 is 5.97 Å². The van der Waals surface area contributed by atoms with E-state index >= 15 is 0 Å². The average Bonchev–Trinajstić information content (AvgIpc) is 2.40. The first kappa shape index (κ1) is 14.0. The quantitative estimate of drug-likeness (QED) is 0.772. The van der Waals surface area contributed by atoms with Crippen molar-refractivity contribution in [2.75, 3.05) is 19.6 Å². The minimum atomic E-state index is -0.870. The summed E-state index contributed by atoms with van der Waals surface area (Å²) in [6, 6.07) is 7.70. The third kappa shape index (κ3) is 3.33. The molecular weight excluding hydrogens is 240 g/mol. The number of carboxylic acids is 1. The van der Waals surface area contributed by atoms with E-state index in [2.05, 4.69) is 24.5 Å².